The van der Waals surface area contributed by atoms with Crippen molar-refractivity contribution in [2.75, 3.05) is 50.1 Å². The Morgan fingerprint density at radius 3 is 2.77 bits per heavy atom. The third-order valence-electron chi connectivity index (χ3n) is 4.62. The van der Waals surface area contributed by atoms with E-state index in [1.54, 1.807) is 0 Å². The van der Waals surface area contributed by atoms with Crippen molar-refractivity contribution in [1.82, 2.24) is 4.90 Å². The first-order valence-electron chi connectivity index (χ1n) is 8.16. The predicted octanol–water partition coefficient (Wildman–Crippen LogP) is 1.95. The van der Waals surface area contributed by atoms with Gasteiger partial charge in [-0.05, 0) is 38.6 Å². The fourth-order valence-corrected chi connectivity index (χ4v) is 3.31. The summed E-state index contributed by atoms with van der Waals surface area (Å²) >= 11 is 0. The summed E-state index contributed by atoms with van der Waals surface area (Å²) < 4.78 is 5.41. The topological polar surface area (TPSA) is 44.8 Å². The number of nitrogens with zero attached hydrogens (tertiary/aromatic N) is 2. The van der Waals surface area contributed by atoms with Gasteiger partial charge in [-0.25, -0.2) is 0 Å². The Hall–Kier alpha value is -1.59. The molecule has 5 heteroatoms. The summed E-state index contributed by atoms with van der Waals surface area (Å²) in [6.45, 7) is 4.34. The SMILES string of the molecule is CN1CCCC1CC(=O)Nc1ccccc1N1CCOCC1. The van der Waals surface area contributed by atoms with Crippen LogP contribution in [-0.4, -0.2) is 56.7 Å². The molecule has 0 aromatic heterocycles. The molecule has 120 valence electrons. The second-order valence-electron chi connectivity index (χ2n) is 6.15. The fourth-order valence-electron chi connectivity index (χ4n) is 3.31. The molecule has 1 aromatic carbocycles. The van der Waals surface area contributed by atoms with Crippen molar-refractivity contribution in [3.8, 4) is 0 Å². The minimum atomic E-state index is 0.111. The number of benzene rings is 1. The highest BCUT2D eigenvalue weighted by atomic mass is 16.5. The van der Waals surface area contributed by atoms with E-state index in [2.05, 4.69) is 28.2 Å². The van der Waals surface area contributed by atoms with Crippen molar-refractivity contribution < 1.29 is 9.53 Å². The number of ether oxygens (including phenoxy) is 1. The van der Waals surface area contributed by atoms with Crippen LogP contribution >= 0.6 is 0 Å². The molecule has 2 fully saturated rings. The lowest BCUT2D eigenvalue weighted by atomic mass is 10.1. The minimum Gasteiger partial charge on any atom is -0.378 e. The van der Waals surface area contributed by atoms with Gasteiger partial charge < -0.3 is 19.9 Å². The first kappa shape index (κ1) is 15.3. The number of nitrogens with one attached hydrogen (secondary N) is 1. The molecule has 1 aromatic rings. The lowest BCUT2D eigenvalue weighted by Crippen LogP contribution is -2.37. The number of rotatable bonds is 4. The van der Waals surface area contributed by atoms with E-state index in [9.17, 15) is 4.79 Å². The minimum absolute atomic E-state index is 0.111. The predicted molar refractivity (Wildman–Crippen MR) is 88.4 cm³/mol. The van der Waals surface area contributed by atoms with E-state index in [0.717, 1.165) is 50.6 Å². The van der Waals surface area contributed by atoms with Crippen molar-refractivity contribution in [3.63, 3.8) is 0 Å². The smallest absolute Gasteiger partial charge is 0.226 e. The molecule has 2 saturated heterocycles. The summed E-state index contributed by atoms with van der Waals surface area (Å²) in [5.74, 6) is 0.111. The van der Waals surface area contributed by atoms with Crippen molar-refractivity contribution in [2.24, 2.45) is 0 Å². The molecule has 22 heavy (non-hydrogen) atoms. The van der Waals surface area contributed by atoms with Crippen molar-refractivity contribution >= 4 is 17.3 Å². The van der Waals surface area contributed by atoms with Gasteiger partial charge in [0.1, 0.15) is 0 Å². The maximum atomic E-state index is 12.4. The summed E-state index contributed by atoms with van der Waals surface area (Å²) in [6.07, 6.45) is 2.89. The van der Waals surface area contributed by atoms with Gasteiger partial charge in [-0.3, -0.25) is 4.79 Å². The molecule has 0 saturated carbocycles. The van der Waals surface area contributed by atoms with E-state index in [-0.39, 0.29) is 5.91 Å². The number of carbonyl (C=O) groups is 1. The van der Waals surface area contributed by atoms with Crippen molar-refractivity contribution in [2.45, 2.75) is 25.3 Å². The van der Waals surface area contributed by atoms with Gasteiger partial charge in [0.25, 0.3) is 0 Å². The normalized spacial score (nSPS) is 22.8. The van der Waals surface area contributed by atoms with E-state index in [1.165, 1.54) is 6.42 Å². The average molecular weight is 303 g/mol. The molecule has 2 aliphatic rings. The Bertz CT molecular complexity index is 514. The van der Waals surface area contributed by atoms with E-state index in [1.807, 2.05) is 18.2 Å². The van der Waals surface area contributed by atoms with E-state index < -0.39 is 0 Å². The molecule has 5 nitrogen and oxygen atoms in total. The van der Waals surface area contributed by atoms with Gasteiger partial charge in [-0.1, -0.05) is 12.1 Å². The van der Waals surface area contributed by atoms with Crippen LogP contribution in [0.2, 0.25) is 0 Å². The number of para-hydroxylation sites is 2. The number of anilines is 2. The number of likely N-dealkylation sites (tertiary alicyclic amines) is 1. The van der Waals surface area contributed by atoms with Gasteiger partial charge in [0.05, 0.1) is 24.6 Å². The molecule has 0 radical (unpaired) electrons. The van der Waals surface area contributed by atoms with Gasteiger partial charge in [0.15, 0.2) is 0 Å². The number of hydrogen-bond acceptors (Lipinski definition) is 4. The average Bonchev–Trinajstić information content (AvgIpc) is 2.94. The molecule has 1 unspecified atom stereocenters. The molecule has 0 bridgehead atoms. The van der Waals surface area contributed by atoms with Gasteiger partial charge in [0, 0.05) is 25.6 Å². The molecular formula is C17H25N3O2. The summed E-state index contributed by atoms with van der Waals surface area (Å²) in [4.78, 5) is 16.9. The lowest BCUT2D eigenvalue weighted by molar-refractivity contribution is -0.117. The zero-order chi connectivity index (χ0) is 15.4. The molecule has 1 N–H and O–H groups in total. The molecule has 1 amide bonds. The van der Waals surface area contributed by atoms with Crippen molar-refractivity contribution in [3.05, 3.63) is 24.3 Å². The third-order valence-corrected chi connectivity index (χ3v) is 4.62. The highest BCUT2D eigenvalue weighted by Crippen LogP contribution is 2.27. The highest BCUT2D eigenvalue weighted by molar-refractivity contribution is 5.94. The van der Waals surface area contributed by atoms with Crippen LogP contribution in [0.3, 0.4) is 0 Å². The summed E-state index contributed by atoms with van der Waals surface area (Å²) in [5.41, 5.74) is 2.01. The molecule has 0 aliphatic carbocycles. The third kappa shape index (κ3) is 3.59. The fraction of sp³-hybridized carbons (Fsp3) is 0.588. The van der Waals surface area contributed by atoms with E-state index in [0.29, 0.717) is 12.5 Å². The molecule has 3 rings (SSSR count). The van der Waals surface area contributed by atoms with Crippen LogP contribution in [0.5, 0.6) is 0 Å². The highest BCUT2D eigenvalue weighted by Gasteiger charge is 2.24. The molecular weight excluding hydrogens is 278 g/mol. The number of carbonyl (C=O) groups excluding carboxylic acids is 1. The van der Waals surface area contributed by atoms with Crippen LogP contribution in [0.25, 0.3) is 0 Å². The number of hydrogen-bond donors (Lipinski definition) is 1. The lowest BCUT2D eigenvalue weighted by Gasteiger charge is -2.30. The zero-order valence-corrected chi connectivity index (χ0v) is 13.3. The Labute approximate surface area is 132 Å². The Morgan fingerprint density at radius 2 is 2.05 bits per heavy atom. The quantitative estimate of drug-likeness (QED) is 0.923. The van der Waals surface area contributed by atoms with Crippen LogP contribution in [0.1, 0.15) is 19.3 Å². The monoisotopic (exact) mass is 303 g/mol. The Morgan fingerprint density at radius 1 is 1.27 bits per heavy atom. The van der Waals surface area contributed by atoms with Crippen molar-refractivity contribution in [1.29, 1.82) is 0 Å². The molecule has 2 aliphatic heterocycles. The van der Waals surface area contributed by atoms with E-state index in [4.69, 9.17) is 4.74 Å². The van der Waals surface area contributed by atoms with Gasteiger partial charge in [0.2, 0.25) is 5.91 Å². The number of morpholine rings is 1. The zero-order valence-electron chi connectivity index (χ0n) is 13.3. The summed E-state index contributed by atoms with van der Waals surface area (Å²) in [6, 6.07) is 8.44. The Kier molecular flexibility index (Phi) is 4.95. The molecule has 0 spiro atoms. The number of amides is 1. The molecule has 2 heterocycles. The first-order chi connectivity index (χ1) is 10.7. The standard InChI is InChI=1S/C17H25N3O2/c1-19-8-4-5-14(19)13-17(21)18-15-6-2-3-7-16(15)20-9-11-22-12-10-20/h2-3,6-7,14H,4-5,8-13H2,1H3,(H,18,21). The van der Waals surface area contributed by atoms with Crippen LogP contribution < -0.4 is 10.2 Å². The first-order valence-corrected chi connectivity index (χ1v) is 8.16. The van der Waals surface area contributed by atoms with E-state index >= 15 is 0 Å². The van der Waals surface area contributed by atoms with Gasteiger partial charge in [-0.15, -0.1) is 0 Å². The summed E-state index contributed by atoms with van der Waals surface area (Å²) in [7, 11) is 2.10. The van der Waals surface area contributed by atoms with Crippen LogP contribution in [0.4, 0.5) is 11.4 Å². The van der Waals surface area contributed by atoms with Crippen LogP contribution in [0.15, 0.2) is 24.3 Å². The maximum absolute atomic E-state index is 12.4. The van der Waals surface area contributed by atoms with Gasteiger partial charge in [-0.2, -0.15) is 0 Å². The summed E-state index contributed by atoms with van der Waals surface area (Å²) in [5, 5.41) is 3.11. The maximum Gasteiger partial charge on any atom is 0.226 e. The molecule has 1 atom stereocenters. The Balaban J connectivity index is 1.65. The van der Waals surface area contributed by atoms with Crippen LogP contribution in [0, 0.1) is 0 Å². The van der Waals surface area contributed by atoms with Gasteiger partial charge >= 0.3 is 0 Å². The van der Waals surface area contributed by atoms with Crippen LogP contribution in [-0.2, 0) is 9.53 Å². The second kappa shape index (κ2) is 7.11. The second-order valence-corrected chi connectivity index (χ2v) is 6.15. The largest absolute Gasteiger partial charge is 0.378 e.